The molecule has 3 atom stereocenters. The molecule has 0 radical (unpaired) electrons. The van der Waals surface area contributed by atoms with Crippen LogP contribution in [0.2, 0.25) is 0 Å². The van der Waals surface area contributed by atoms with Gasteiger partial charge in [0, 0.05) is 13.1 Å². The van der Waals surface area contributed by atoms with Crippen molar-refractivity contribution < 1.29 is 4.79 Å². The lowest BCUT2D eigenvalue weighted by molar-refractivity contribution is -0.136. The molecule has 0 aliphatic carbocycles. The molecule has 22 heavy (non-hydrogen) atoms. The average Bonchev–Trinajstić information content (AvgIpc) is 2.55. The smallest absolute Gasteiger partial charge is 0.239 e. The summed E-state index contributed by atoms with van der Waals surface area (Å²) in [4.78, 5) is 14.7. The molecule has 1 aromatic rings. The lowest BCUT2D eigenvalue weighted by atomic mass is 9.81. The van der Waals surface area contributed by atoms with E-state index in [1.165, 1.54) is 18.4 Å². The van der Waals surface area contributed by atoms with Gasteiger partial charge in [-0.3, -0.25) is 4.79 Å². The number of nitrogens with one attached hydrogen (secondary N) is 1. The second-order valence-corrected chi connectivity index (χ2v) is 6.57. The van der Waals surface area contributed by atoms with E-state index in [1.54, 1.807) is 0 Å². The molecule has 2 saturated heterocycles. The summed E-state index contributed by atoms with van der Waals surface area (Å²) in [6, 6.07) is 10.8. The molecule has 0 saturated carbocycles. The van der Waals surface area contributed by atoms with Crippen molar-refractivity contribution in [1.29, 1.82) is 0 Å². The third-order valence-electron chi connectivity index (χ3n) is 5.05. The summed E-state index contributed by atoms with van der Waals surface area (Å²) >= 11 is 0. The van der Waals surface area contributed by atoms with Gasteiger partial charge in [0.2, 0.25) is 5.91 Å². The highest BCUT2D eigenvalue weighted by molar-refractivity contribution is 5.85. The largest absolute Gasteiger partial charge is 0.341 e. The van der Waals surface area contributed by atoms with Crippen LogP contribution in [0.1, 0.15) is 44.1 Å². The fraction of sp³-hybridized carbons (Fsp3) is 0.611. The second kappa shape index (κ2) is 7.98. The van der Waals surface area contributed by atoms with Gasteiger partial charge in [-0.15, -0.1) is 12.4 Å². The maximum atomic E-state index is 12.6. The molecule has 2 aliphatic rings. The Balaban J connectivity index is 0.00000176. The van der Waals surface area contributed by atoms with Crippen molar-refractivity contribution in [3.63, 3.8) is 0 Å². The number of carbonyl (C=O) groups is 1. The molecule has 0 spiro atoms. The van der Waals surface area contributed by atoms with Crippen molar-refractivity contribution >= 4 is 18.3 Å². The molecule has 0 aromatic heterocycles. The average molecular weight is 323 g/mol. The summed E-state index contributed by atoms with van der Waals surface area (Å²) in [6.45, 7) is 5.08. The van der Waals surface area contributed by atoms with Gasteiger partial charge in [-0.2, -0.15) is 0 Å². The first-order valence-electron chi connectivity index (χ1n) is 8.33. The standard InChI is InChI=1S/C18H26N2O.ClH/c1-14-13-20(18(21)17-9-5-6-11-19-17)12-10-16(14)15-7-3-2-4-8-15;/h2-4,7-8,14,16-17,19H,5-6,9-13H2,1H3;1H. The normalized spacial score (nSPS) is 28.8. The first kappa shape index (κ1) is 17.3. The van der Waals surface area contributed by atoms with Crippen LogP contribution in [0, 0.1) is 5.92 Å². The SMILES string of the molecule is CC1CN(C(=O)C2CCCCN2)CCC1c1ccccc1.Cl. The Morgan fingerprint density at radius 3 is 2.59 bits per heavy atom. The molecule has 0 bridgehead atoms. The van der Waals surface area contributed by atoms with Crippen LogP contribution in [0.15, 0.2) is 30.3 Å². The van der Waals surface area contributed by atoms with E-state index in [0.29, 0.717) is 17.7 Å². The molecule has 1 aromatic carbocycles. The number of piperidine rings is 2. The van der Waals surface area contributed by atoms with Crippen LogP contribution in [0.4, 0.5) is 0 Å². The number of likely N-dealkylation sites (tertiary alicyclic amines) is 1. The predicted molar refractivity (Wildman–Crippen MR) is 92.4 cm³/mol. The summed E-state index contributed by atoms with van der Waals surface area (Å²) in [5.74, 6) is 1.45. The summed E-state index contributed by atoms with van der Waals surface area (Å²) in [5, 5.41) is 3.38. The number of benzene rings is 1. The highest BCUT2D eigenvalue weighted by Gasteiger charge is 2.32. The summed E-state index contributed by atoms with van der Waals surface area (Å²) in [6.07, 6.45) is 4.48. The lowest BCUT2D eigenvalue weighted by Crippen LogP contribution is -2.52. The van der Waals surface area contributed by atoms with Crippen LogP contribution in [-0.2, 0) is 4.79 Å². The third-order valence-corrected chi connectivity index (χ3v) is 5.05. The minimum Gasteiger partial charge on any atom is -0.341 e. The lowest BCUT2D eigenvalue weighted by Gasteiger charge is -2.39. The molecule has 122 valence electrons. The number of hydrogen-bond acceptors (Lipinski definition) is 2. The van der Waals surface area contributed by atoms with Crippen molar-refractivity contribution in [3.05, 3.63) is 35.9 Å². The van der Waals surface area contributed by atoms with E-state index in [2.05, 4.69) is 47.5 Å². The van der Waals surface area contributed by atoms with Gasteiger partial charge >= 0.3 is 0 Å². The number of hydrogen-bond donors (Lipinski definition) is 1. The number of amides is 1. The van der Waals surface area contributed by atoms with Crippen molar-refractivity contribution in [1.82, 2.24) is 10.2 Å². The molecule has 2 fully saturated rings. The first-order valence-corrected chi connectivity index (χ1v) is 8.33. The fourth-order valence-electron chi connectivity index (χ4n) is 3.82. The van der Waals surface area contributed by atoms with Crippen molar-refractivity contribution in [2.24, 2.45) is 5.92 Å². The van der Waals surface area contributed by atoms with Crippen LogP contribution >= 0.6 is 12.4 Å². The number of carbonyl (C=O) groups excluding carboxylic acids is 1. The van der Waals surface area contributed by atoms with Crippen molar-refractivity contribution in [2.75, 3.05) is 19.6 Å². The Morgan fingerprint density at radius 2 is 1.95 bits per heavy atom. The Hall–Kier alpha value is -1.06. The van der Waals surface area contributed by atoms with Crippen LogP contribution in [0.3, 0.4) is 0 Å². The van der Waals surface area contributed by atoms with Gasteiger partial charge in [-0.1, -0.05) is 43.7 Å². The molecule has 3 unspecified atom stereocenters. The fourth-order valence-corrected chi connectivity index (χ4v) is 3.82. The zero-order valence-corrected chi connectivity index (χ0v) is 14.1. The van der Waals surface area contributed by atoms with E-state index in [4.69, 9.17) is 0 Å². The molecule has 1 N–H and O–H groups in total. The van der Waals surface area contributed by atoms with Gasteiger partial charge in [0.05, 0.1) is 6.04 Å². The predicted octanol–water partition coefficient (Wildman–Crippen LogP) is 3.20. The molecule has 2 heterocycles. The van der Waals surface area contributed by atoms with E-state index in [0.717, 1.165) is 32.5 Å². The van der Waals surface area contributed by atoms with Gasteiger partial charge in [-0.25, -0.2) is 0 Å². The topological polar surface area (TPSA) is 32.3 Å². The van der Waals surface area contributed by atoms with Crippen LogP contribution in [-0.4, -0.2) is 36.5 Å². The molecule has 4 heteroatoms. The van der Waals surface area contributed by atoms with Gasteiger partial charge in [0.15, 0.2) is 0 Å². The summed E-state index contributed by atoms with van der Waals surface area (Å²) in [5.41, 5.74) is 1.42. The van der Waals surface area contributed by atoms with E-state index < -0.39 is 0 Å². The molecule has 2 aliphatic heterocycles. The highest BCUT2D eigenvalue weighted by atomic mass is 35.5. The zero-order chi connectivity index (χ0) is 14.7. The maximum Gasteiger partial charge on any atom is 0.239 e. The van der Waals surface area contributed by atoms with E-state index in [1.807, 2.05) is 0 Å². The first-order chi connectivity index (χ1) is 10.3. The van der Waals surface area contributed by atoms with E-state index >= 15 is 0 Å². The zero-order valence-electron chi connectivity index (χ0n) is 13.3. The molecule has 3 nitrogen and oxygen atoms in total. The Bertz CT molecular complexity index is 473. The minimum atomic E-state index is 0. The Morgan fingerprint density at radius 1 is 1.18 bits per heavy atom. The van der Waals surface area contributed by atoms with Crippen LogP contribution < -0.4 is 5.32 Å². The van der Waals surface area contributed by atoms with Gasteiger partial charge < -0.3 is 10.2 Å². The molecular formula is C18H27ClN2O. The minimum absolute atomic E-state index is 0. The number of nitrogens with zero attached hydrogens (tertiary/aromatic N) is 1. The molecule has 1 amide bonds. The maximum absolute atomic E-state index is 12.6. The van der Waals surface area contributed by atoms with Crippen molar-refractivity contribution in [2.45, 2.75) is 44.6 Å². The summed E-state index contributed by atoms with van der Waals surface area (Å²) < 4.78 is 0. The number of rotatable bonds is 2. The van der Waals surface area contributed by atoms with E-state index in [-0.39, 0.29) is 18.4 Å². The quantitative estimate of drug-likeness (QED) is 0.907. The van der Waals surface area contributed by atoms with Gasteiger partial charge in [0.1, 0.15) is 0 Å². The molecular weight excluding hydrogens is 296 g/mol. The highest BCUT2D eigenvalue weighted by Crippen LogP contribution is 2.33. The Labute approximate surface area is 139 Å². The monoisotopic (exact) mass is 322 g/mol. The summed E-state index contributed by atoms with van der Waals surface area (Å²) in [7, 11) is 0. The number of halogens is 1. The van der Waals surface area contributed by atoms with E-state index in [9.17, 15) is 4.79 Å². The van der Waals surface area contributed by atoms with Gasteiger partial charge in [0.25, 0.3) is 0 Å². The van der Waals surface area contributed by atoms with Crippen LogP contribution in [0.25, 0.3) is 0 Å². The van der Waals surface area contributed by atoms with Crippen LogP contribution in [0.5, 0.6) is 0 Å². The Kier molecular flexibility index (Phi) is 6.27. The third kappa shape index (κ3) is 3.82. The molecule has 3 rings (SSSR count). The van der Waals surface area contributed by atoms with Crippen molar-refractivity contribution in [3.8, 4) is 0 Å². The second-order valence-electron chi connectivity index (χ2n) is 6.57. The van der Waals surface area contributed by atoms with Gasteiger partial charge in [-0.05, 0) is 43.2 Å².